The third kappa shape index (κ3) is 2.50. The van der Waals surface area contributed by atoms with Crippen LogP contribution in [0.1, 0.15) is 22.8 Å². The molecule has 0 spiro atoms. The molecule has 0 saturated carbocycles. The van der Waals surface area contributed by atoms with Gasteiger partial charge in [0.1, 0.15) is 0 Å². The third-order valence-corrected chi connectivity index (χ3v) is 5.06. The van der Waals surface area contributed by atoms with Crippen molar-refractivity contribution in [1.82, 2.24) is 19.9 Å². The molecule has 0 aliphatic carbocycles. The largest absolute Gasteiger partial charge is 0.396 e. The van der Waals surface area contributed by atoms with Crippen molar-refractivity contribution in [2.24, 2.45) is 0 Å². The highest BCUT2D eigenvalue weighted by atomic mass is 14.8. The van der Waals surface area contributed by atoms with Gasteiger partial charge in [0.2, 0.25) is 0 Å². The number of H-pyrrole nitrogens is 2. The zero-order valence-corrected chi connectivity index (χ0v) is 14.3. The Morgan fingerprint density at radius 2 is 1.15 bits per heavy atom. The molecule has 6 heteroatoms. The summed E-state index contributed by atoms with van der Waals surface area (Å²) in [5.41, 5.74) is 21.8. The molecule has 0 amide bonds. The number of nitrogens with one attached hydrogen (secondary N) is 2. The highest BCUT2D eigenvalue weighted by Crippen LogP contribution is 2.25. The van der Waals surface area contributed by atoms with Crippen LogP contribution in [0, 0.1) is 0 Å². The Balaban J connectivity index is 1.88. The van der Waals surface area contributed by atoms with Crippen molar-refractivity contribution in [3.8, 4) is 0 Å². The number of anilines is 2. The summed E-state index contributed by atoms with van der Waals surface area (Å²) in [6, 6.07) is 12.2. The number of nitrogen functional groups attached to an aromatic ring is 2. The van der Waals surface area contributed by atoms with E-state index in [1.54, 1.807) is 0 Å². The average molecular weight is 344 g/mol. The maximum atomic E-state index is 6.36. The Morgan fingerprint density at radius 1 is 0.654 bits per heavy atom. The van der Waals surface area contributed by atoms with E-state index in [2.05, 4.69) is 22.1 Å². The molecule has 130 valence electrons. The molecule has 26 heavy (non-hydrogen) atoms. The van der Waals surface area contributed by atoms with Crippen molar-refractivity contribution in [1.29, 1.82) is 0 Å². The molecule has 2 aliphatic rings. The molecule has 0 aromatic carbocycles. The first-order valence-corrected chi connectivity index (χ1v) is 8.86. The van der Waals surface area contributed by atoms with Crippen LogP contribution in [0.15, 0.2) is 36.4 Å². The lowest BCUT2D eigenvalue weighted by molar-refractivity contribution is 1.02. The smallest absolute Gasteiger partial charge is 0.0772 e. The van der Waals surface area contributed by atoms with E-state index in [0.29, 0.717) is 11.4 Å². The number of rotatable bonds is 0. The topological polar surface area (TPSA) is 109 Å². The fourth-order valence-electron chi connectivity index (χ4n) is 3.64. The first-order valence-electron chi connectivity index (χ1n) is 8.86. The molecular weight excluding hydrogens is 324 g/mol. The molecule has 5 heterocycles. The predicted molar refractivity (Wildman–Crippen MR) is 105 cm³/mol. The van der Waals surface area contributed by atoms with Gasteiger partial charge in [-0.05, 0) is 62.1 Å². The highest BCUT2D eigenvalue weighted by Gasteiger charge is 2.14. The zero-order chi connectivity index (χ0) is 17.7. The van der Waals surface area contributed by atoms with Gasteiger partial charge in [0.05, 0.1) is 33.8 Å². The van der Waals surface area contributed by atoms with Gasteiger partial charge >= 0.3 is 0 Å². The predicted octanol–water partition coefficient (Wildman–Crippen LogP) is 3.05. The summed E-state index contributed by atoms with van der Waals surface area (Å²) in [6.07, 6.45) is 3.46. The second kappa shape index (κ2) is 5.62. The summed E-state index contributed by atoms with van der Waals surface area (Å²) in [7, 11) is 0. The molecular formula is C20H20N6. The molecule has 2 aliphatic heterocycles. The van der Waals surface area contributed by atoms with E-state index in [-0.39, 0.29) is 0 Å². The number of fused-ring (bicyclic) bond motifs is 8. The lowest BCUT2D eigenvalue weighted by atomic mass is 10.2. The van der Waals surface area contributed by atoms with Crippen LogP contribution in [0.2, 0.25) is 0 Å². The SMILES string of the molecule is Nc1c2nc(c(N)c3ccc(cc4nc(cc5ccc1[nH]5)CC4)[nH]3)CC2. The van der Waals surface area contributed by atoms with E-state index in [0.717, 1.165) is 70.5 Å². The molecule has 0 saturated heterocycles. The summed E-state index contributed by atoms with van der Waals surface area (Å²) < 4.78 is 0. The van der Waals surface area contributed by atoms with Crippen LogP contribution in [0.25, 0.3) is 22.1 Å². The van der Waals surface area contributed by atoms with Gasteiger partial charge in [-0.15, -0.1) is 0 Å². The number of aromatic amines is 2. The first kappa shape index (κ1) is 15.0. The number of aromatic nitrogens is 4. The lowest BCUT2D eigenvalue weighted by Crippen LogP contribution is -1.92. The van der Waals surface area contributed by atoms with Crippen LogP contribution in [0.5, 0.6) is 0 Å². The van der Waals surface area contributed by atoms with E-state index >= 15 is 0 Å². The van der Waals surface area contributed by atoms with Crippen LogP contribution in [0.4, 0.5) is 11.4 Å². The monoisotopic (exact) mass is 344 g/mol. The fraction of sp³-hybridized carbons (Fsp3) is 0.200. The minimum Gasteiger partial charge on any atom is -0.396 e. The van der Waals surface area contributed by atoms with Crippen molar-refractivity contribution < 1.29 is 0 Å². The van der Waals surface area contributed by atoms with Crippen LogP contribution >= 0.6 is 0 Å². The minimum absolute atomic E-state index is 0.681. The Bertz CT molecular complexity index is 1080. The van der Waals surface area contributed by atoms with E-state index < -0.39 is 0 Å². The Labute approximate surface area is 150 Å². The summed E-state index contributed by atoms with van der Waals surface area (Å²) >= 11 is 0. The van der Waals surface area contributed by atoms with Crippen molar-refractivity contribution in [2.45, 2.75) is 25.7 Å². The normalized spacial score (nSPS) is 13.8. The molecule has 3 aromatic heterocycles. The Morgan fingerprint density at radius 3 is 1.65 bits per heavy atom. The highest BCUT2D eigenvalue weighted by molar-refractivity contribution is 5.77. The van der Waals surface area contributed by atoms with Crippen LogP contribution in [0.3, 0.4) is 0 Å². The molecule has 5 rings (SSSR count). The molecule has 6 N–H and O–H groups in total. The zero-order valence-electron chi connectivity index (χ0n) is 14.3. The molecule has 0 fully saturated rings. The van der Waals surface area contributed by atoms with Gasteiger partial charge < -0.3 is 21.4 Å². The van der Waals surface area contributed by atoms with Gasteiger partial charge in [0, 0.05) is 22.4 Å². The standard InChI is InChI=1S/C20H20N6/c21-19-15-5-3-13(24-15)9-11-1-2-12(23-11)10-14-4-6-16(25-14)20(22)18-8-7-17(19)26-18/h3-6,9-10,24-25H,1-2,7-8,21-22H2. The average Bonchev–Trinajstić information content (AvgIpc) is 3.41. The van der Waals surface area contributed by atoms with Gasteiger partial charge in [0.15, 0.2) is 0 Å². The molecule has 3 aromatic rings. The van der Waals surface area contributed by atoms with Crippen LogP contribution in [-0.4, -0.2) is 19.9 Å². The van der Waals surface area contributed by atoms with E-state index in [4.69, 9.17) is 21.4 Å². The van der Waals surface area contributed by atoms with E-state index in [1.165, 1.54) is 0 Å². The van der Waals surface area contributed by atoms with Gasteiger partial charge in [-0.3, -0.25) is 9.97 Å². The fourth-order valence-corrected chi connectivity index (χ4v) is 3.64. The van der Waals surface area contributed by atoms with Gasteiger partial charge in [-0.1, -0.05) is 0 Å². The molecule has 6 nitrogen and oxygen atoms in total. The van der Waals surface area contributed by atoms with Gasteiger partial charge in [-0.2, -0.15) is 0 Å². The number of aryl methyl sites for hydroxylation is 4. The minimum atomic E-state index is 0.681. The van der Waals surface area contributed by atoms with Crippen molar-refractivity contribution in [2.75, 3.05) is 11.5 Å². The summed E-state index contributed by atoms with van der Waals surface area (Å²) in [4.78, 5) is 16.2. The van der Waals surface area contributed by atoms with Gasteiger partial charge in [-0.25, -0.2) is 0 Å². The van der Waals surface area contributed by atoms with Gasteiger partial charge in [0.25, 0.3) is 0 Å². The third-order valence-electron chi connectivity index (χ3n) is 5.06. The number of hydrogen-bond acceptors (Lipinski definition) is 4. The summed E-state index contributed by atoms with van der Waals surface area (Å²) in [6.45, 7) is 0. The Hall–Kier alpha value is -3.28. The molecule has 8 bridgehead atoms. The lowest BCUT2D eigenvalue weighted by Gasteiger charge is -1.95. The quantitative estimate of drug-likeness (QED) is 0.502. The van der Waals surface area contributed by atoms with Crippen LogP contribution < -0.4 is 11.5 Å². The first-order chi connectivity index (χ1) is 12.7. The maximum absolute atomic E-state index is 6.36. The molecule has 0 atom stereocenters. The molecule has 0 unspecified atom stereocenters. The summed E-state index contributed by atoms with van der Waals surface area (Å²) in [5, 5.41) is 0. The van der Waals surface area contributed by atoms with E-state index in [9.17, 15) is 0 Å². The van der Waals surface area contributed by atoms with Crippen LogP contribution in [-0.2, 0) is 25.7 Å². The second-order valence-electron chi connectivity index (χ2n) is 6.87. The summed E-state index contributed by atoms with van der Waals surface area (Å²) in [5.74, 6) is 0. The maximum Gasteiger partial charge on any atom is 0.0772 e. The number of nitrogens with zero attached hydrogens (tertiary/aromatic N) is 2. The van der Waals surface area contributed by atoms with Crippen molar-refractivity contribution >= 4 is 33.4 Å². The van der Waals surface area contributed by atoms with E-state index in [1.807, 2.05) is 24.3 Å². The van der Waals surface area contributed by atoms with Crippen molar-refractivity contribution in [3.05, 3.63) is 59.2 Å². The number of hydrogen-bond donors (Lipinski definition) is 4. The molecule has 0 radical (unpaired) electrons. The van der Waals surface area contributed by atoms with Crippen molar-refractivity contribution in [3.63, 3.8) is 0 Å². The number of nitrogens with two attached hydrogens (primary N) is 2. The Kier molecular flexibility index (Phi) is 3.25. The second-order valence-corrected chi connectivity index (χ2v) is 6.87.